The number of carbonyl (C=O) groups excluding carboxylic acids is 1. The minimum absolute atomic E-state index is 0.00303. The third-order valence-corrected chi connectivity index (χ3v) is 5.39. The first-order valence-electron chi connectivity index (χ1n) is 7.42. The first kappa shape index (κ1) is 19.3. The van der Waals surface area contributed by atoms with Crippen LogP contribution < -0.4 is 4.18 Å². The second kappa shape index (κ2) is 7.64. The predicted molar refractivity (Wildman–Crippen MR) is 98.3 cm³/mol. The van der Waals surface area contributed by atoms with Gasteiger partial charge in [0.05, 0.1) is 11.2 Å². The molecule has 0 saturated heterocycles. The molecule has 138 valence electrons. The van der Waals surface area contributed by atoms with Gasteiger partial charge < -0.3 is 4.18 Å². The van der Waals surface area contributed by atoms with E-state index in [-0.39, 0.29) is 26.6 Å². The second-order valence-electron chi connectivity index (χ2n) is 5.34. The van der Waals surface area contributed by atoms with Crippen molar-refractivity contribution in [3.63, 3.8) is 0 Å². The Kier molecular flexibility index (Phi) is 5.46. The molecule has 1 heterocycles. The summed E-state index contributed by atoms with van der Waals surface area (Å²) in [6.07, 6.45) is 1.02. The molecule has 0 amide bonds. The van der Waals surface area contributed by atoms with E-state index in [0.717, 1.165) is 12.3 Å². The lowest BCUT2D eigenvalue weighted by Crippen LogP contribution is -2.10. The maximum Gasteiger partial charge on any atom is 0.340 e. The molecule has 0 aliphatic rings. The van der Waals surface area contributed by atoms with Crippen molar-refractivity contribution in [2.45, 2.75) is 4.90 Å². The topological polar surface area (TPSA) is 73.3 Å². The van der Waals surface area contributed by atoms with Gasteiger partial charge in [0.2, 0.25) is 0 Å². The van der Waals surface area contributed by atoms with E-state index in [0.29, 0.717) is 11.1 Å². The summed E-state index contributed by atoms with van der Waals surface area (Å²) in [7, 11) is -4.17. The molecule has 0 saturated carbocycles. The number of halogens is 3. The third kappa shape index (κ3) is 4.44. The predicted octanol–water partition coefficient (Wildman–Crippen LogP) is 4.53. The number of aromatic nitrogens is 1. The van der Waals surface area contributed by atoms with Crippen LogP contribution in [0.15, 0.2) is 65.7 Å². The van der Waals surface area contributed by atoms with E-state index in [9.17, 15) is 17.6 Å². The van der Waals surface area contributed by atoms with Crippen LogP contribution in [0.25, 0.3) is 0 Å². The van der Waals surface area contributed by atoms with Crippen molar-refractivity contribution in [2.24, 2.45) is 0 Å². The summed E-state index contributed by atoms with van der Waals surface area (Å²) in [5, 5.41) is -0.0548. The fourth-order valence-electron chi connectivity index (χ4n) is 2.14. The first-order chi connectivity index (χ1) is 12.8. The highest BCUT2D eigenvalue weighted by atomic mass is 35.5. The summed E-state index contributed by atoms with van der Waals surface area (Å²) in [4.78, 5) is 15.7. The molecule has 1 aromatic heterocycles. The summed E-state index contributed by atoms with van der Waals surface area (Å²) in [5.74, 6) is -0.785. The van der Waals surface area contributed by atoms with Gasteiger partial charge in [0, 0.05) is 11.1 Å². The smallest absolute Gasteiger partial charge is 0.340 e. The molecule has 9 heteroatoms. The van der Waals surface area contributed by atoms with Crippen LogP contribution in [0.1, 0.15) is 15.9 Å². The summed E-state index contributed by atoms with van der Waals surface area (Å²) < 4.78 is 42.5. The Morgan fingerprint density at radius 1 is 0.963 bits per heavy atom. The summed E-state index contributed by atoms with van der Waals surface area (Å²) in [6, 6.07) is 11.7. The Morgan fingerprint density at radius 3 is 2.07 bits per heavy atom. The molecule has 0 spiro atoms. The Morgan fingerprint density at radius 2 is 1.52 bits per heavy atom. The minimum atomic E-state index is -4.17. The molecule has 0 aliphatic carbocycles. The lowest BCUT2D eigenvalue weighted by atomic mass is 10.0. The van der Waals surface area contributed by atoms with E-state index in [4.69, 9.17) is 27.4 Å². The second-order valence-corrected chi connectivity index (χ2v) is 7.65. The number of nitrogens with zero attached hydrogens (tertiary/aromatic N) is 1. The van der Waals surface area contributed by atoms with Crippen molar-refractivity contribution in [1.29, 1.82) is 0 Å². The maximum absolute atomic E-state index is 12.9. The average molecular weight is 426 g/mol. The van der Waals surface area contributed by atoms with E-state index < -0.39 is 15.9 Å². The zero-order valence-corrected chi connectivity index (χ0v) is 15.7. The first-order valence-corrected chi connectivity index (χ1v) is 9.58. The van der Waals surface area contributed by atoms with Crippen LogP contribution >= 0.6 is 23.2 Å². The quantitative estimate of drug-likeness (QED) is 0.341. The summed E-state index contributed by atoms with van der Waals surface area (Å²) in [5.41, 5.74) is 0.599. The molecule has 0 atom stereocenters. The van der Waals surface area contributed by atoms with Gasteiger partial charge in [-0.2, -0.15) is 8.42 Å². The van der Waals surface area contributed by atoms with Gasteiger partial charge in [0.25, 0.3) is 0 Å². The SMILES string of the molecule is O=C(c1ccc(F)cc1)c1ccc(OS(=O)(=O)c2cnc(Cl)c(Cl)c2)cc1. The van der Waals surface area contributed by atoms with Crippen molar-refractivity contribution >= 4 is 39.1 Å². The molecule has 27 heavy (non-hydrogen) atoms. The Labute approximate surface area is 164 Å². The van der Waals surface area contributed by atoms with Crippen LogP contribution in [0.3, 0.4) is 0 Å². The van der Waals surface area contributed by atoms with Gasteiger partial charge in [-0.3, -0.25) is 4.79 Å². The van der Waals surface area contributed by atoms with Crippen LogP contribution in [0.5, 0.6) is 5.75 Å². The lowest BCUT2D eigenvalue weighted by Gasteiger charge is -2.08. The molecule has 0 unspecified atom stereocenters. The normalized spacial score (nSPS) is 11.2. The highest BCUT2D eigenvalue weighted by molar-refractivity contribution is 7.87. The molecule has 0 N–H and O–H groups in total. The fraction of sp³-hybridized carbons (Fsp3) is 0. The van der Waals surface area contributed by atoms with Gasteiger partial charge in [0.1, 0.15) is 21.6 Å². The van der Waals surface area contributed by atoms with Crippen LogP contribution in [0, 0.1) is 5.82 Å². The van der Waals surface area contributed by atoms with Gasteiger partial charge in [-0.1, -0.05) is 23.2 Å². The zero-order chi connectivity index (χ0) is 19.6. The standard InChI is InChI=1S/C18H10Cl2FNO4S/c19-16-9-15(10-22-18(16)20)27(24,25)26-14-7-3-12(4-8-14)17(23)11-1-5-13(21)6-2-11/h1-10H. The average Bonchev–Trinajstić information content (AvgIpc) is 2.64. The fourth-order valence-corrected chi connectivity index (χ4v) is 3.38. The van der Waals surface area contributed by atoms with E-state index in [2.05, 4.69) is 4.98 Å². The van der Waals surface area contributed by atoms with Crippen molar-refractivity contribution in [1.82, 2.24) is 4.98 Å². The van der Waals surface area contributed by atoms with E-state index in [1.165, 1.54) is 48.5 Å². The Bertz CT molecular complexity index is 1100. The highest BCUT2D eigenvalue weighted by Gasteiger charge is 2.19. The largest absolute Gasteiger partial charge is 0.379 e. The molecule has 2 aromatic carbocycles. The van der Waals surface area contributed by atoms with Crippen molar-refractivity contribution in [3.05, 3.63) is 87.9 Å². The molecular weight excluding hydrogens is 416 g/mol. The Hall–Kier alpha value is -2.48. The maximum atomic E-state index is 12.9. The van der Waals surface area contributed by atoms with Gasteiger partial charge >= 0.3 is 10.1 Å². The van der Waals surface area contributed by atoms with Gasteiger partial charge in [-0.15, -0.1) is 0 Å². The Balaban J connectivity index is 1.79. The summed E-state index contributed by atoms with van der Waals surface area (Å²) >= 11 is 11.4. The molecule has 0 radical (unpaired) electrons. The number of hydrogen-bond acceptors (Lipinski definition) is 5. The number of benzene rings is 2. The van der Waals surface area contributed by atoms with E-state index >= 15 is 0 Å². The molecule has 0 bridgehead atoms. The van der Waals surface area contributed by atoms with E-state index in [1.807, 2.05) is 0 Å². The molecule has 3 rings (SSSR count). The van der Waals surface area contributed by atoms with Crippen LogP contribution in [-0.2, 0) is 10.1 Å². The van der Waals surface area contributed by atoms with Crippen molar-refractivity contribution in [2.75, 3.05) is 0 Å². The van der Waals surface area contributed by atoms with Crippen molar-refractivity contribution in [3.8, 4) is 5.75 Å². The number of ketones is 1. The summed E-state index contributed by atoms with van der Waals surface area (Å²) in [6.45, 7) is 0. The molecular formula is C18H10Cl2FNO4S. The van der Waals surface area contributed by atoms with Gasteiger partial charge in [0.15, 0.2) is 5.78 Å². The highest BCUT2D eigenvalue weighted by Crippen LogP contribution is 2.25. The minimum Gasteiger partial charge on any atom is -0.379 e. The number of rotatable bonds is 5. The lowest BCUT2D eigenvalue weighted by molar-refractivity contribution is 0.103. The molecule has 3 aromatic rings. The van der Waals surface area contributed by atoms with E-state index in [1.54, 1.807) is 0 Å². The molecule has 0 aliphatic heterocycles. The van der Waals surface area contributed by atoms with Crippen LogP contribution in [0.2, 0.25) is 10.2 Å². The third-order valence-electron chi connectivity index (χ3n) is 3.49. The van der Waals surface area contributed by atoms with Crippen LogP contribution in [-0.4, -0.2) is 19.2 Å². The van der Waals surface area contributed by atoms with Gasteiger partial charge in [-0.25, -0.2) is 9.37 Å². The monoisotopic (exact) mass is 425 g/mol. The van der Waals surface area contributed by atoms with Crippen LogP contribution in [0.4, 0.5) is 4.39 Å². The van der Waals surface area contributed by atoms with Gasteiger partial charge in [-0.05, 0) is 54.6 Å². The number of carbonyl (C=O) groups is 1. The number of pyridine rings is 1. The zero-order valence-electron chi connectivity index (χ0n) is 13.4. The molecule has 5 nitrogen and oxygen atoms in total. The van der Waals surface area contributed by atoms with Crippen molar-refractivity contribution < 1.29 is 21.8 Å². The number of hydrogen-bond donors (Lipinski definition) is 0. The molecule has 0 fully saturated rings.